The predicted octanol–water partition coefficient (Wildman–Crippen LogP) is 5.54. The lowest BCUT2D eigenvalue weighted by Crippen LogP contribution is -2.30. The number of fused-ring (bicyclic) bond motifs is 1. The van der Waals surface area contributed by atoms with Crippen molar-refractivity contribution < 1.29 is 9.53 Å². The average molecular weight is 470 g/mol. The summed E-state index contributed by atoms with van der Waals surface area (Å²) in [6.45, 7) is 5.75. The molecule has 5 aromatic rings. The number of nitrogens with zero attached hydrogens (tertiary/aromatic N) is 4. The van der Waals surface area contributed by atoms with Gasteiger partial charge in [0.1, 0.15) is 5.75 Å². The first kappa shape index (κ1) is 21.8. The number of carbonyl (C=O) groups excluding carboxylic acids is 1. The van der Waals surface area contributed by atoms with Crippen LogP contribution < -0.4 is 10.1 Å². The van der Waals surface area contributed by atoms with Crippen molar-refractivity contribution in [3.63, 3.8) is 0 Å². The maximum atomic E-state index is 12.8. The van der Waals surface area contributed by atoms with Crippen LogP contribution in [-0.2, 0) is 4.79 Å². The standard InChI is InChI=1S/C26H23N5O2S/c1-16-7-4-10-22(17(16)2)33-18(3)26(32)27-20-9-5-8-19(15-20)21-12-13-24-28-29-25(31(24)30-21)23-11-6-14-34-23/h4-15,18H,1-3H3,(H,27,32). The second-order valence-corrected chi connectivity index (χ2v) is 8.97. The number of thiophene rings is 1. The first-order valence-electron chi connectivity index (χ1n) is 10.9. The van der Waals surface area contributed by atoms with Crippen LogP contribution in [0.4, 0.5) is 5.69 Å². The van der Waals surface area contributed by atoms with Crippen molar-refractivity contribution >= 4 is 28.6 Å². The largest absolute Gasteiger partial charge is 0.481 e. The van der Waals surface area contributed by atoms with E-state index in [0.29, 0.717) is 22.9 Å². The van der Waals surface area contributed by atoms with Gasteiger partial charge in [0.25, 0.3) is 5.91 Å². The summed E-state index contributed by atoms with van der Waals surface area (Å²) in [5.41, 5.74) is 5.12. The second-order valence-electron chi connectivity index (χ2n) is 8.02. The number of benzene rings is 2. The summed E-state index contributed by atoms with van der Waals surface area (Å²) < 4.78 is 7.66. The Kier molecular flexibility index (Phi) is 5.81. The van der Waals surface area contributed by atoms with Crippen LogP contribution in [0, 0.1) is 13.8 Å². The van der Waals surface area contributed by atoms with Gasteiger partial charge in [0.2, 0.25) is 0 Å². The molecule has 0 saturated heterocycles. The molecule has 3 aromatic heterocycles. The summed E-state index contributed by atoms with van der Waals surface area (Å²) in [7, 11) is 0. The van der Waals surface area contributed by atoms with Gasteiger partial charge in [-0.3, -0.25) is 4.79 Å². The van der Waals surface area contributed by atoms with Crippen LogP contribution in [0.2, 0.25) is 0 Å². The monoisotopic (exact) mass is 469 g/mol. The molecule has 0 aliphatic carbocycles. The summed E-state index contributed by atoms with van der Waals surface area (Å²) >= 11 is 1.59. The molecule has 0 radical (unpaired) electrons. The van der Waals surface area contributed by atoms with Gasteiger partial charge in [0.05, 0.1) is 10.6 Å². The molecular formula is C26H23N5O2S. The number of anilines is 1. The van der Waals surface area contributed by atoms with E-state index >= 15 is 0 Å². The fourth-order valence-electron chi connectivity index (χ4n) is 3.60. The van der Waals surface area contributed by atoms with Crippen LogP contribution in [-0.4, -0.2) is 31.8 Å². The van der Waals surface area contributed by atoms with Crippen LogP contribution >= 0.6 is 11.3 Å². The molecule has 0 aliphatic heterocycles. The molecule has 1 unspecified atom stereocenters. The van der Waals surface area contributed by atoms with Crippen LogP contribution in [0.25, 0.3) is 27.6 Å². The maximum Gasteiger partial charge on any atom is 0.265 e. The highest BCUT2D eigenvalue weighted by Crippen LogP contribution is 2.26. The predicted molar refractivity (Wildman–Crippen MR) is 134 cm³/mol. The first-order valence-corrected chi connectivity index (χ1v) is 11.8. The van der Waals surface area contributed by atoms with E-state index in [9.17, 15) is 4.79 Å². The molecule has 0 aliphatic rings. The van der Waals surface area contributed by atoms with Crippen molar-refractivity contribution in [1.29, 1.82) is 0 Å². The SMILES string of the molecule is Cc1cccc(OC(C)C(=O)Nc2cccc(-c3ccc4nnc(-c5cccs5)n4n3)c2)c1C. The summed E-state index contributed by atoms with van der Waals surface area (Å²) in [6.07, 6.45) is -0.649. The molecule has 1 N–H and O–H groups in total. The Morgan fingerprint density at radius 1 is 1.03 bits per heavy atom. The Hall–Kier alpha value is -4.04. The molecular weight excluding hydrogens is 446 g/mol. The van der Waals surface area contributed by atoms with Gasteiger partial charge in [-0.1, -0.05) is 30.3 Å². The minimum atomic E-state index is -0.649. The molecule has 0 bridgehead atoms. The Balaban J connectivity index is 1.36. The smallest absolute Gasteiger partial charge is 0.265 e. The zero-order valence-corrected chi connectivity index (χ0v) is 19.8. The van der Waals surface area contributed by atoms with Crippen molar-refractivity contribution in [2.45, 2.75) is 26.9 Å². The molecule has 0 spiro atoms. The number of hydrogen-bond donors (Lipinski definition) is 1. The minimum absolute atomic E-state index is 0.222. The average Bonchev–Trinajstić information content (AvgIpc) is 3.51. The Labute approximate surface area is 201 Å². The highest BCUT2D eigenvalue weighted by molar-refractivity contribution is 7.13. The third-order valence-corrected chi connectivity index (χ3v) is 6.52. The highest BCUT2D eigenvalue weighted by atomic mass is 32.1. The van der Waals surface area contributed by atoms with Crippen molar-refractivity contribution in [3.05, 3.63) is 83.2 Å². The van der Waals surface area contributed by atoms with E-state index in [1.165, 1.54) is 0 Å². The number of aryl methyl sites for hydroxylation is 1. The van der Waals surface area contributed by atoms with E-state index in [4.69, 9.17) is 9.84 Å². The number of aromatic nitrogens is 4. The van der Waals surface area contributed by atoms with E-state index < -0.39 is 6.10 Å². The second kappa shape index (κ2) is 9.07. The number of nitrogens with one attached hydrogen (secondary N) is 1. The molecule has 2 aromatic carbocycles. The third-order valence-electron chi connectivity index (χ3n) is 5.66. The van der Waals surface area contributed by atoms with Crippen LogP contribution in [0.15, 0.2) is 72.1 Å². The minimum Gasteiger partial charge on any atom is -0.481 e. The summed E-state index contributed by atoms with van der Waals surface area (Å²) in [5.74, 6) is 1.19. The molecule has 170 valence electrons. The molecule has 34 heavy (non-hydrogen) atoms. The Morgan fingerprint density at radius 2 is 1.88 bits per heavy atom. The van der Waals surface area contributed by atoms with Gasteiger partial charge in [0, 0.05) is 11.3 Å². The first-order chi connectivity index (χ1) is 16.5. The molecule has 3 heterocycles. The molecule has 7 nitrogen and oxygen atoms in total. The molecule has 5 rings (SSSR count). The van der Waals surface area contributed by atoms with E-state index in [0.717, 1.165) is 27.3 Å². The molecule has 1 atom stereocenters. The zero-order valence-electron chi connectivity index (χ0n) is 19.0. The van der Waals surface area contributed by atoms with Gasteiger partial charge >= 0.3 is 0 Å². The van der Waals surface area contributed by atoms with Crippen LogP contribution in [0.1, 0.15) is 18.1 Å². The van der Waals surface area contributed by atoms with Crippen LogP contribution in [0.5, 0.6) is 5.75 Å². The molecule has 0 saturated carbocycles. The lowest BCUT2D eigenvalue weighted by molar-refractivity contribution is -0.122. The Morgan fingerprint density at radius 3 is 2.71 bits per heavy atom. The van der Waals surface area contributed by atoms with E-state index in [1.807, 2.05) is 86.0 Å². The summed E-state index contributed by atoms with van der Waals surface area (Å²) in [5, 5.41) is 18.2. The topological polar surface area (TPSA) is 81.4 Å². The van der Waals surface area contributed by atoms with Gasteiger partial charge in [-0.25, -0.2) is 0 Å². The lowest BCUT2D eigenvalue weighted by Gasteiger charge is -2.17. The number of rotatable bonds is 6. The Bertz CT molecular complexity index is 1480. The van der Waals surface area contributed by atoms with Gasteiger partial charge < -0.3 is 10.1 Å². The summed E-state index contributed by atoms with van der Waals surface area (Å²) in [6, 6.07) is 21.2. The number of ether oxygens (including phenoxy) is 1. The quantitative estimate of drug-likeness (QED) is 0.353. The van der Waals surface area contributed by atoms with Crippen molar-refractivity contribution in [2.75, 3.05) is 5.32 Å². The maximum absolute atomic E-state index is 12.8. The van der Waals surface area contributed by atoms with Crippen molar-refractivity contribution in [3.8, 4) is 27.7 Å². The molecule has 1 amide bonds. The highest BCUT2D eigenvalue weighted by Gasteiger charge is 2.17. The van der Waals surface area contributed by atoms with Crippen molar-refractivity contribution in [1.82, 2.24) is 19.8 Å². The van der Waals surface area contributed by atoms with Gasteiger partial charge in [0.15, 0.2) is 17.6 Å². The summed E-state index contributed by atoms with van der Waals surface area (Å²) in [4.78, 5) is 13.8. The van der Waals surface area contributed by atoms with Crippen LogP contribution in [0.3, 0.4) is 0 Å². The van der Waals surface area contributed by atoms with E-state index in [1.54, 1.807) is 22.8 Å². The molecule has 8 heteroatoms. The third kappa shape index (κ3) is 4.27. The zero-order chi connectivity index (χ0) is 23.7. The van der Waals surface area contributed by atoms with Gasteiger partial charge in [-0.05, 0) is 73.7 Å². The molecule has 0 fully saturated rings. The lowest BCUT2D eigenvalue weighted by atomic mass is 10.1. The number of carbonyl (C=O) groups is 1. The van der Waals surface area contributed by atoms with E-state index in [2.05, 4.69) is 15.5 Å². The normalized spacial score (nSPS) is 12.0. The fraction of sp³-hybridized carbons (Fsp3) is 0.154. The number of hydrogen-bond acceptors (Lipinski definition) is 6. The van der Waals surface area contributed by atoms with Gasteiger partial charge in [-0.2, -0.15) is 9.61 Å². The van der Waals surface area contributed by atoms with E-state index in [-0.39, 0.29) is 5.91 Å². The fourth-order valence-corrected chi connectivity index (χ4v) is 4.29. The number of amides is 1. The van der Waals surface area contributed by atoms with Crippen molar-refractivity contribution in [2.24, 2.45) is 0 Å². The van der Waals surface area contributed by atoms with Gasteiger partial charge in [-0.15, -0.1) is 21.5 Å².